The summed E-state index contributed by atoms with van der Waals surface area (Å²) in [6.07, 6.45) is 0.950. The minimum absolute atomic E-state index is 0.157. The maximum atomic E-state index is 12.7. The van der Waals surface area contributed by atoms with E-state index in [1.165, 1.54) is 10.6 Å². The molecular weight excluding hydrogens is 512 g/mol. The van der Waals surface area contributed by atoms with Crippen LogP contribution in [-0.2, 0) is 25.5 Å². The molecule has 2 heterocycles. The Bertz CT molecular complexity index is 1460. The van der Waals surface area contributed by atoms with E-state index in [4.69, 9.17) is 23.9 Å². The van der Waals surface area contributed by atoms with Gasteiger partial charge in [-0.15, -0.1) is 0 Å². The number of hydrogen-bond acceptors (Lipinski definition) is 8. The average Bonchev–Trinajstić information content (AvgIpc) is 2.92. The first-order valence-corrected chi connectivity index (χ1v) is 13.6. The molecule has 1 atom stereocenters. The van der Waals surface area contributed by atoms with E-state index in [-0.39, 0.29) is 56.1 Å². The van der Waals surface area contributed by atoms with Crippen molar-refractivity contribution in [3.05, 3.63) is 68.8 Å². The molecule has 0 aliphatic carbocycles. The lowest BCUT2D eigenvalue weighted by Crippen LogP contribution is -2.34. The van der Waals surface area contributed by atoms with Crippen LogP contribution in [0.25, 0.3) is 22.2 Å². The maximum absolute atomic E-state index is 12.7. The van der Waals surface area contributed by atoms with Crippen LogP contribution < -0.4 is 11.2 Å². The highest BCUT2D eigenvalue weighted by atomic mass is 16.6. The zero-order valence-corrected chi connectivity index (χ0v) is 23.9. The summed E-state index contributed by atoms with van der Waals surface area (Å²) in [5.41, 5.74) is -0.0184. The van der Waals surface area contributed by atoms with Crippen LogP contribution in [0.4, 0.5) is 0 Å². The number of fused-ring (bicyclic) bond motifs is 1. The second-order valence-electron chi connectivity index (χ2n) is 10.8. The van der Waals surface area contributed by atoms with E-state index in [1.807, 2.05) is 13.8 Å². The van der Waals surface area contributed by atoms with Crippen LogP contribution in [-0.4, -0.2) is 43.6 Å². The number of pyridine rings is 1. The molecule has 3 aromatic rings. The summed E-state index contributed by atoms with van der Waals surface area (Å²) in [5.74, 6) is 0.492. The molecule has 40 heavy (non-hydrogen) atoms. The van der Waals surface area contributed by atoms with Gasteiger partial charge in [0.15, 0.2) is 0 Å². The molecule has 0 spiro atoms. The van der Waals surface area contributed by atoms with Crippen molar-refractivity contribution in [2.24, 2.45) is 17.3 Å². The molecule has 0 bridgehead atoms. The molecule has 3 rings (SSSR count). The van der Waals surface area contributed by atoms with Crippen molar-refractivity contribution in [2.75, 3.05) is 33.0 Å². The highest BCUT2D eigenvalue weighted by molar-refractivity contribution is 5.79. The maximum Gasteiger partial charge on any atom is 0.345 e. The lowest BCUT2D eigenvalue weighted by molar-refractivity contribution is -0.158. The summed E-state index contributed by atoms with van der Waals surface area (Å²) < 4.78 is 23.4. The molecule has 0 fully saturated rings. The smallest absolute Gasteiger partial charge is 0.345 e. The highest BCUT2D eigenvalue weighted by Gasteiger charge is 2.35. The number of ether oxygens (including phenoxy) is 3. The molecule has 0 aliphatic heterocycles. The third-order valence-electron chi connectivity index (χ3n) is 7.05. The molecule has 0 radical (unpaired) electrons. The summed E-state index contributed by atoms with van der Waals surface area (Å²) in [6, 6.07) is 13.4. The first-order valence-electron chi connectivity index (χ1n) is 13.6. The van der Waals surface area contributed by atoms with E-state index in [1.54, 1.807) is 36.4 Å². The number of benzene rings is 1. The Morgan fingerprint density at radius 2 is 1.70 bits per heavy atom. The minimum atomic E-state index is -0.602. The second kappa shape index (κ2) is 14.1. The second-order valence-corrected chi connectivity index (χ2v) is 10.8. The van der Waals surface area contributed by atoms with Crippen LogP contribution in [0.3, 0.4) is 0 Å². The van der Waals surface area contributed by atoms with Crippen molar-refractivity contribution in [3.63, 3.8) is 0 Å². The topological polar surface area (TPSA) is 121 Å². The molecular formula is C31H38N2O7. The molecule has 0 saturated heterocycles. The van der Waals surface area contributed by atoms with Gasteiger partial charge in [-0.3, -0.25) is 14.2 Å². The van der Waals surface area contributed by atoms with E-state index in [2.05, 4.69) is 26.8 Å². The monoisotopic (exact) mass is 550 g/mol. The van der Waals surface area contributed by atoms with Crippen LogP contribution in [0.15, 0.2) is 56.5 Å². The summed E-state index contributed by atoms with van der Waals surface area (Å²) in [6.45, 7) is 11.6. The van der Waals surface area contributed by atoms with Crippen LogP contribution in [0.2, 0.25) is 0 Å². The Morgan fingerprint density at radius 3 is 2.40 bits per heavy atom. The molecule has 0 N–H and O–H groups in total. The van der Waals surface area contributed by atoms with E-state index < -0.39 is 11.0 Å². The first-order chi connectivity index (χ1) is 19.0. The summed E-state index contributed by atoms with van der Waals surface area (Å²) in [5, 5.41) is 9.73. The Hall–Kier alpha value is -3.74. The fourth-order valence-electron chi connectivity index (χ4n) is 4.39. The molecule has 2 aromatic heterocycles. The zero-order valence-electron chi connectivity index (χ0n) is 23.9. The quantitative estimate of drug-likeness (QED) is 0.208. The van der Waals surface area contributed by atoms with Crippen molar-refractivity contribution < 1.29 is 23.4 Å². The number of nitrogens with zero attached hydrogens (tertiary/aromatic N) is 2. The van der Waals surface area contributed by atoms with Gasteiger partial charge >= 0.3 is 11.6 Å². The molecule has 0 amide bonds. The van der Waals surface area contributed by atoms with Gasteiger partial charge in [0.2, 0.25) is 5.71 Å². The minimum Gasteiger partial charge on any atom is -0.463 e. The van der Waals surface area contributed by atoms with Crippen LogP contribution >= 0.6 is 0 Å². The van der Waals surface area contributed by atoms with Crippen LogP contribution in [0.5, 0.6) is 0 Å². The predicted octanol–water partition coefficient (Wildman–Crippen LogP) is 4.78. The highest BCUT2D eigenvalue weighted by Crippen LogP contribution is 2.32. The molecule has 1 unspecified atom stereocenters. The third-order valence-corrected chi connectivity index (χ3v) is 7.05. The van der Waals surface area contributed by atoms with Crippen LogP contribution in [0, 0.1) is 28.6 Å². The summed E-state index contributed by atoms with van der Waals surface area (Å²) in [4.78, 5) is 37.7. The standard InChI is InChI=1S/C31H38N2O7/c1-21(2)17-22(3)31(4,5)30(36)39-16-15-38-14-13-37-12-11-33-27(34)10-9-25-19-26(29(35)40-28(25)33)24-8-6-7-23(18-24)20-32/h6-10,18-19,21-22H,11-17H2,1-5H3. The van der Waals surface area contributed by atoms with E-state index in [0.717, 1.165) is 6.42 Å². The van der Waals surface area contributed by atoms with Gasteiger partial charge in [-0.25, -0.2) is 4.79 Å². The summed E-state index contributed by atoms with van der Waals surface area (Å²) >= 11 is 0. The van der Waals surface area contributed by atoms with Crippen molar-refractivity contribution >= 4 is 17.1 Å². The van der Waals surface area contributed by atoms with E-state index >= 15 is 0 Å². The molecule has 214 valence electrons. The van der Waals surface area contributed by atoms with Crippen LogP contribution in [0.1, 0.15) is 46.6 Å². The summed E-state index contributed by atoms with van der Waals surface area (Å²) in [7, 11) is 0. The van der Waals surface area contributed by atoms with Crippen molar-refractivity contribution in [1.29, 1.82) is 5.26 Å². The van der Waals surface area contributed by atoms with E-state index in [0.29, 0.717) is 34.6 Å². The lowest BCUT2D eigenvalue weighted by Gasteiger charge is -2.30. The Balaban J connectivity index is 1.47. The fraction of sp³-hybridized carbons (Fsp3) is 0.484. The third kappa shape index (κ3) is 7.90. The number of hydrogen-bond donors (Lipinski definition) is 0. The van der Waals surface area contributed by atoms with Crippen molar-refractivity contribution in [1.82, 2.24) is 4.57 Å². The van der Waals surface area contributed by atoms with Gasteiger partial charge in [-0.2, -0.15) is 5.26 Å². The number of rotatable bonds is 14. The largest absolute Gasteiger partial charge is 0.463 e. The van der Waals surface area contributed by atoms with Gasteiger partial charge < -0.3 is 18.6 Å². The molecule has 9 nitrogen and oxygen atoms in total. The van der Waals surface area contributed by atoms with Crippen molar-refractivity contribution in [3.8, 4) is 17.2 Å². The van der Waals surface area contributed by atoms with Gasteiger partial charge in [0.05, 0.1) is 55.6 Å². The number of carbonyl (C=O) groups is 1. The Morgan fingerprint density at radius 1 is 1.00 bits per heavy atom. The lowest BCUT2D eigenvalue weighted by atomic mass is 9.76. The molecule has 0 saturated carbocycles. The molecule has 1 aromatic carbocycles. The average molecular weight is 551 g/mol. The number of aromatic nitrogens is 1. The number of esters is 1. The molecule has 0 aliphatic rings. The SMILES string of the molecule is CC(C)CC(C)C(C)(C)C(=O)OCCOCCOCCn1c(=O)ccc2cc(-c3cccc(C#N)c3)c(=O)oc21. The number of carbonyl (C=O) groups excluding carboxylic acids is 1. The van der Waals surface area contributed by atoms with Gasteiger partial charge in [0.25, 0.3) is 5.56 Å². The van der Waals surface area contributed by atoms with Gasteiger partial charge in [-0.1, -0.05) is 32.9 Å². The Kier molecular flexibility index (Phi) is 10.8. The number of nitriles is 1. The molecule has 9 heteroatoms. The Labute approximate surface area is 234 Å². The van der Waals surface area contributed by atoms with Gasteiger partial charge in [-0.05, 0) is 61.9 Å². The van der Waals surface area contributed by atoms with E-state index in [9.17, 15) is 14.4 Å². The predicted molar refractivity (Wildman–Crippen MR) is 152 cm³/mol. The first kappa shape index (κ1) is 30.8. The van der Waals surface area contributed by atoms with Gasteiger partial charge in [0, 0.05) is 11.5 Å². The normalized spacial score (nSPS) is 12.4. The van der Waals surface area contributed by atoms with Crippen molar-refractivity contribution in [2.45, 2.75) is 47.6 Å². The van der Waals surface area contributed by atoms with Gasteiger partial charge in [0.1, 0.15) is 6.61 Å². The fourth-order valence-corrected chi connectivity index (χ4v) is 4.39. The zero-order chi connectivity index (χ0) is 29.3.